The van der Waals surface area contributed by atoms with Crippen molar-refractivity contribution in [2.45, 2.75) is 5.92 Å². The zero-order valence-corrected chi connectivity index (χ0v) is 19.2. The van der Waals surface area contributed by atoms with Crippen LogP contribution < -0.4 is 9.47 Å². The van der Waals surface area contributed by atoms with Gasteiger partial charge in [-0.25, -0.2) is 18.9 Å². The molecule has 0 spiro atoms. The highest BCUT2D eigenvalue weighted by Crippen LogP contribution is 2.50. The SMILES string of the molecule is COc1ccc([C@H]2c3c(ccc4ccccc34)Oc3ncn4nc(-c5ccc(F)cc5)nc4c32)cc1. The Labute approximate surface area is 205 Å². The highest BCUT2D eigenvalue weighted by molar-refractivity contribution is 5.91. The fourth-order valence-corrected chi connectivity index (χ4v) is 4.96. The summed E-state index contributed by atoms with van der Waals surface area (Å²) >= 11 is 0. The lowest BCUT2D eigenvalue weighted by Crippen LogP contribution is -2.15. The quantitative estimate of drug-likeness (QED) is 0.297. The Balaban J connectivity index is 1.51. The number of fused-ring (bicyclic) bond motifs is 6. The van der Waals surface area contributed by atoms with Crippen LogP contribution in [0.5, 0.6) is 17.4 Å². The van der Waals surface area contributed by atoms with Gasteiger partial charge in [0.25, 0.3) is 0 Å². The van der Waals surface area contributed by atoms with E-state index in [1.807, 2.05) is 30.3 Å². The third-order valence-corrected chi connectivity index (χ3v) is 6.65. The van der Waals surface area contributed by atoms with Crippen LogP contribution in [0.25, 0.3) is 27.8 Å². The van der Waals surface area contributed by atoms with Gasteiger partial charge >= 0.3 is 0 Å². The maximum Gasteiger partial charge on any atom is 0.228 e. The van der Waals surface area contributed by atoms with E-state index < -0.39 is 0 Å². The molecule has 1 atom stereocenters. The van der Waals surface area contributed by atoms with Gasteiger partial charge in [-0.2, -0.15) is 0 Å². The van der Waals surface area contributed by atoms with E-state index in [1.54, 1.807) is 30.1 Å². The summed E-state index contributed by atoms with van der Waals surface area (Å²) < 4.78 is 26.9. The Hall–Kier alpha value is -4.78. The normalized spacial score (nSPS) is 14.3. The topological polar surface area (TPSA) is 61.5 Å². The molecular formula is C29H19FN4O2. The highest BCUT2D eigenvalue weighted by atomic mass is 19.1. The van der Waals surface area contributed by atoms with Crippen LogP contribution in [0.1, 0.15) is 22.6 Å². The fourth-order valence-electron chi connectivity index (χ4n) is 4.96. The van der Waals surface area contributed by atoms with E-state index in [9.17, 15) is 4.39 Å². The summed E-state index contributed by atoms with van der Waals surface area (Å²) in [7, 11) is 1.65. The predicted octanol–water partition coefficient (Wildman–Crippen LogP) is 6.38. The van der Waals surface area contributed by atoms with Crippen LogP contribution in [-0.2, 0) is 0 Å². The Morgan fingerprint density at radius 3 is 2.50 bits per heavy atom. The highest BCUT2D eigenvalue weighted by Gasteiger charge is 2.34. The Bertz CT molecular complexity index is 1760. The minimum atomic E-state index is -0.307. The van der Waals surface area contributed by atoms with Crippen molar-refractivity contribution in [3.05, 3.63) is 114 Å². The molecule has 7 rings (SSSR count). The second-order valence-corrected chi connectivity index (χ2v) is 8.68. The zero-order chi connectivity index (χ0) is 24.2. The molecule has 2 aromatic heterocycles. The standard InChI is InChI=1S/C29H19FN4O2/c1-35-21-13-8-18(9-14-21)24-25-22-5-3-2-4-17(22)10-15-23(25)36-29-26(24)28-32-27(33-34(28)16-31-29)19-6-11-20(30)12-7-19/h2-16,24H,1H3/t24-/m0/s1. The van der Waals surface area contributed by atoms with E-state index in [0.29, 0.717) is 17.4 Å². The molecule has 1 aliphatic heterocycles. The van der Waals surface area contributed by atoms with Gasteiger partial charge in [0.2, 0.25) is 5.88 Å². The summed E-state index contributed by atoms with van der Waals surface area (Å²) in [5.41, 5.74) is 4.29. The molecule has 4 aromatic carbocycles. The average Bonchev–Trinajstić information content (AvgIpc) is 3.37. The largest absolute Gasteiger partial charge is 0.497 e. The molecule has 6 nitrogen and oxygen atoms in total. The van der Waals surface area contributed by atoms with E-state index in [2.05, 4.69) is 40.4 Å². The lowest BCUT2D eigenvalue weighted by atomic mass is 9.81. The monoisotopic (exact) mass is 474 g/mol. The van der Waals surface area contributed by atoms with Crippen LogP contribution in [0.3, 0.4) is 0 Å². The van der Waals surface area contributed by atoms with E-state index >= 15 is 0 Å². The van der Waals surface area contributed by atoms with Crippen molar-refractivity contribution in [1.82, 2.24) is 19.6 Å². The molecule has 1 aliphatic rings. The summed E-state index contributed by atoms with van der Waals surface area (Å²) in [6, 6.07) is 26.5. The van der Waals surface area contributed by atoms with Gasteiger partial charge < -0.3 is 9.47 Å². The molecule has 0 aliphatic carbocycles. The van der Waals surface area contributed by atoms with E-state index in [4.69, 9.17) is 14.5 Å². The molecule has 0 fully saturated rings. The number of ether oxygens (including phenoxy) is 2. The van der Waals surface area contributed by atoms with Crippen molar-refractivity contribution in [3.63, 3.8) is 0 Å². The number of halogens is 1. The third kappa shape index (κ3) is 3.13. The lowest BCUT2D eigenvalue weighted by molar-refractivity contribution is 0.414. The summed E-state index contributed by atoms with van der Waals surface area (Å²) in [5.74, 6) is 2.01. The van der Waals surface area contributed by atoms with Gasteiger partial charge in [-0.1, -0.05) is 42.5 Å². The van der Waals surface area contributed by atoms with Crippen molar-refractivity contribution in [2.75, 3.05) is 7.11 Å². The Morgan fingerprint density at radius 2 is 1.69 bits per heavy atom. The number of rotatable bonds is 3. The second kappa shape index (κ2) is 7.88. The van der Waals surface area contributed by atoms with Crippen LogP contribution in [0.15, 0.2) is 91.3 Å². The van der Waals surface area contributed by atoms with Crippen molar-refractivity contribution < 1.29 is 13.9 Å². The molecular weight excluding hydrogens is 455 g/mol. The molecule has 0 saturated heterocycles. The Morgan fingerprint density at radius 1 is 0.889 bits per heavy atom. The van der Waals surface area contributed by atoms with Crippen molar-refractivity contribution in [1.29, 1.82) is 0 Å². The molecule has 3 heterocycles. The Kier molecular flexibility index (Phi) is 4.51. The first-order valence-corrected chi connectivity index (χ1v) is 11.5. The molecule has 0 saturated carbocycles. The van der Waals surface area contributed by atoms with E-state index in [1.165, 1.54) is 12.1 Å². The first kappa shape index (κ1) is 20.6. The van der Waals surface area contributed by atoms with Gasteiger partial charge in [0.05, 0.1) is 12.7 Å². The van der Waals surface area contributed by atoms with E-state index in [0.717, 1.165) is 44.5 Å². The summed E-state index contributed by atoms with van der Waals surface area (Å²) in [6.07, 6.45) is 1.60. The first-order valence-electron chi connectivity index (χ1n) is 11.5. The molecule has 0 unspecified atom stereocenters. The van der Waals surface area contributed by atoms with Gasteiger partial charge in [0.15, 0.2) is 11.5 Å². The lowest BCUT2D eigenvalue weighted by Gasteiger charge is -2.29. The minimum absolute atomic E-state index is 0.206. The predicted molar refractivity (Wildman–Crippen MR) is 134 cm³/mol. The van der Waals surface area contributed by atoms with Crippen LogP contribution in [-0.4, -0.2) is 26.7 Å². The maximum absolute atomic E-state index is 13.5. The van der Waals surface area contributed by atoms with E-state index in [-0.39, 0.29) is 11.7 Å². The van der Waals surface area contributed by atoms with Crippen LogP contribution in [0.4, 0.5) is 4.39 Å². The summed E-state index contributed by atoms with van der Waals surface area (Å²) in [4.78, 5) is 9.48. The smallest absolute Gasteiger partial charge is 0.228 e. The van der Waals surface area contributed by atoms with Gasteiger partial charge in [0, 0.05) is 17.0 Å². The first-order chi connectivity index (χ1) is 17.7. The van der Waals surface area contributed by atoms with Gasteiger partial charge in [-0.05, 0) is 58.8 Å². The summed E-state index contributed by atoms with van der Waals surface area (Å²) in [6.45, 7) is 0. The third-order valence-electron chi connectivity index (χ3n) is 6.65. The van der Waals surface area contributed by atoms with Gasteiger partial charge in [0.1, 0.15) is 23.6 Å². The number of nitrogens with zero attached hydrogens (tertiary/aromatic N) is 4. The van der Waals surface area contributed by atoms with Crippen LogP contribution in [0.2, 0.25) is 0 Å². The number of benzene rings is 4. The molecule has 7 heteroatoms. The number of hydrogen-bond donors (Lipinski definition) is 0. The zero-order valence-electron chi connectivity index (χ0n) is 19.2. The second-order valence-electron chi connectivity index (χ2n) is 8.68. The van der Waals surface area contributed by atoms with Crippen molar-refractivity contribution in [2.24, 2.45) is 0 Å². The number of hydrogen-bond acceptors (Lipinski definition) is 5. The van der Waals surface area contributed by atoms with Gasteiger partial charge in [-0.3, -0.25) is 0 Å². The molecule has 174 valence electrons. The van der Waals surface area contributed by atoms with Gasteiger partial charge in [-0.15, -0.1) is 5.10 Å². The molecule has 0 amide bonds. The summed E-state index contributed by atoms with van der Waals surface area (Å²) in [5, 5.41) is 6.86. The van der Waals surface area contributed by atoms with Crippen LogP contribution >= 0.6 is 0 Å². The molecule has 36 heavy (non-hydrogen) atoms. The van der Waals surface area contributed by atoms with Crippen molar-refractivity contribution in [3.8, 4) is 28.8 Å². The maximum atomic E-state index is 13.5. The molecule has 6 aromatic rings. The van der Waals surface area contributed by atoms with Crippen LogP contribution in [0, 0.1) is 5.82 Å². The molecule has 0 radical (unpaired) electrons. The van der Waals surface area contributed by atoms with Crippen molar-refractivity contribution >= 4 is 16.4 Å². The average molecular weight is 474 g/mol. The molecule has 0 N–H and O–H groups in total. The fraction of sp³-hybridized carbons (Fsp3) is 0.0690. The number of aromatic nitrogens is 4. The molecule has 0 bridgehead atoms. The number of methoxy groups -OCH3 is 1. The minimum Gasteiger partial charge on any atom is -0.497 e.